The second-order valence-electron chi connectivity index (χ2n) is 8.03. The molecule has 0 saturated carbocycles. The van der Waals surface area contributed by atoms with Crippen LogP contribution in [0.2, 0.25) is 5.02 Å². The van der Waals surface area contributed by atoms with Crippen LogP contribution in [0.3, 0.4) is 0 Å². The first-order valence-electron chi connectivity index (χ1n) is 10.9. The summed E-state index contributed by atoms with van der Waals surface area (Å²) in [5.41, 5.74) is 1.82. The van der Waals surface area contributed by atoms with Crippen LogP contribution in [0.4, 0.5) is 10.1 Å². The largest absolute Gasteiger partial charge is 0.507 e. The highest BCUT2D eigenvalue weighted by atomic mass is 35.5. The molecular formula is C27H23ClFNO4. The first kappa shape index (κ1) is 23.5. The van der Waals surface area contributed by atoms with Crippen LogP contribution in [-0.4, -0.2) is 23.4 Å². The number of nitrogens with zero attached hydrogens (tertiary/aromatic N) is 1. The summed E-state index contributed by atoms with van der Waals surface area (Å²) in [5, 5.41) is 11.7. The van der Waals surface area contributed by atoms with Gasteiger partial charge in [-0.1, -0.05) is 36.7 Å². The van der Waals surface area contributed by atoms with Gasteiger partial charge in [0.25, 0.3) is 11.7 Å². The first-order valence-corrected chi connectivity index (χ1v) is 11.3. The van der Waals surface area contributed by atoms with E-state index in [2.05, 4.69) is 0 Å². The van der Waals surface area contributed by atoms with Gasteiger partial charge in [0.1, 0.15) is 17.3 Å². The molecule has 0 radical (unpaired) electrons. The number of ketones is 1. The van der Waals surface area contributed by atoms with Crippen molar-refractivity contribution in [1.29, 1.82) is 0 Å². The fourth-order valence-electron chi connectivity index (χ4n) is 4.01. The number of Topliss-reactive ketones (excluding diaryl/α,β-unsaturated/α-hetero) is 1. The van der Waals surface area contributed by atoms with Gasteiger partial charge in [0.2, 0.25) is 0 Å². The van der Waals surface area contributed by atoms with Crippen molar-refractivity contribution in [3.05, 3.63) is 99.8 Å². The zero-order chi connectivity index (χ0) is 24.4. The minimum atomic E-state index is -0.963. The number of benzene rings is 3. The number of aryl methyl sites for hydroxylation is 1. The number of ether oxygens (including phenoxy) is 1. The van der Waals surface area contributed by atoms with E-state index >= 15 is 0 Å². The minimum Gasteiger partial charge on any atom is -0.507 e. The van der Waals surface area contributed by atoms with Crippen molar-refractivity contribution >= 4 is 34.7 Å². The molecule has 0 aliphatic carbocycles. The molecule has 1 unspecified atom stereocenters. The quantitative estimate of drug-likeness (QED) is 0.259. The molecule has 5 nitrogen and oxygen atoms in total. The number of rotatable bonds is 6. The number of carbonyl (C=O) groups excluding carboxylic acids is 2. The lowest BCUT2D eigenvalue weighted by molar-refractivity contribution is -0.132. The number of amides is 1. The zero-order valence-electron chi connectivity index (χ0n) is 18.7. The SMILES string of the molecule is CCCOc1ccc(/C(O)=C2\C(=O)C(=O)N(c3cccc(F)c3)C2c2ccc(Cl)cc2)cc1C. The van der Waals surface area contributed by atoms with Crippen molar-refractivity contribution in [3.8, 4) is 5.75 Å². The molecule has 1 amide bonds. The summed E-state index contributed by atoms with van der Waals surface area (Å²) in [5.74, 6) is -1.90. The minimum absolute atomic E-state index is 0.0850. The summed E-state index contributed by atoms with van der Waals surface area (Å²) in [4.78, 5) is 27.5. The van der Waals surface area contributed by atoms with Gasteiger partial charge in [0, 0.05) is 16.3 Å². The smallest absolute Gasteiger partial charge is 0.300 e. The van der Waals surface area contributed by atoms with Gasteiger partial charge in [-0.05, 0) is 73.0 Å². The average Bonchev–Trinajstić information content (AvgIpc) is 3.08. The number of anilines is 1. The molecule has 1 aliphatic rings. The van der Waals surface area contributed by atoms with Gasteiger partial charge in [-0.15, -0.1) is 0 Å². The number of halogens is 2. The molecule has 7 heteroatoms. The standard InChI is InChI=1S/C27H23ClFNO4/c1-3-13-34-22-12-9-18(14-16(22)2)25(31)23-24(17-7-10-19(28)11-8-17)30(27(33)26(23)32)21-6-4-5-20(29)15-21/h4-12,14-15,24,31H,3,13H2,1-2H3/b25-23+. The topological polar surface area (TPSA) is 66.8 Å². The zero-order valence-corrected chi connectivity index (χ0v) is 19.5. The van der Waals surface area contributed by atoms with Crippen molar-refractivity contribution in [1.82, 2.24) is 0 Å². The van der Waals surface area contributed by atoms with E-state index in [9.17, 15) is 19.1 Å². The number of aliphatic hydroxyl groups is 1. The summed E-state index contributed by atoms with van der Waals surface area (Å²) in [6.07, 6.45) is 0.853. The van der Waals surface area contributed by atoms with E-state index in [1.54, 1.807) is 48.5 Å². The molecule has 1 saturated heterocycles. The van der Waals surface area contributed by atoms with Crippen LogP contribution in [0.15, 0.2) is 72.3 Å². The highest BCUT2D eigenvalue weighted by molar-refractivity contribution is 6.51. The lowest BCUT2D eigenvalue weighted by Gasteiger charge is -2.25. The molecule has 1 N–H and O–H groups in total. The van der Waals surface area contributed by atoms with Crippen LogP contribution in [0.5, 0.6) is 5.75 Å². The number of aliphatic hydroxyl groups excluding tert-OH is 1. The maximum atomic E-state index is 14.0. The van der Waals surface area contributed by atoms with Gasteiger partial charge >= 0.3 is 0 Å². The summed E-state index contributed by atoms with van der Waals surface area (Å²) >= 11 is 6.04. The Kier molecular flexibility index (Phi) is 6.70. The fourth-order valence-corrected chi connectivity index (χ4v) is 4.14. The summed E-state index contributed by atoms with van der Waals surface area (Å²) < 4.78 is 19.7. The summed E-state index contributed by atoms with van der Waals surface area (Å²) in [6, 6.07) is 16.1. The van der Waals surface area contributed by atoms with E-state index in [-0.39, 0.29) is 17.0 Å². The summed E-state index contributed by atoms with van der Waals surface area (Å²) in [6.45, 7) is 4.40. The van der Waals surface area contributed by atoms with Crippen molar-refractivity contribution in [3.63, 3.8) is 0 Å². The molecule has 1 fully saturated rings. The van der Waals surface area contributed by atoms with E-state index in [0.29, 0.717) is 28.5 Å². The van der Waals surface area contributed by atoms with Gasteiger partial charge < -0.3 is 9.84 Å². The Labute approximate surface area is 202 Å². The van der Waals surface area contributed by atoms with Gasteiger partial charge in [-0.3, -0.25) is 14.5 Å². The second-order valence-corrected chi connectivity index (χ2v) is 8.47. The average molecular weight is 480 g/mol. The lowest BCUT2D eigenvalue weighted by atomic mass is 9.94. The van der Waals surface area contributed by atoms with Crippen LogP contribution >= 0.6 is 11.6 Å². The Bertz CT molecular complexity index is 1290. The molecule has 0 bridgehead atoms. The Morgan fingerprint density at radius 3 is 2.47 bits per heavy atom. The van der Waals surface area contributed by atoms with E-state index in [0.717, 1.165) is 12.0 Å². The van der Waals surface area contributed by atoms with Crippen molar-refractivity contribution < 1.29 is 23.8 Å². The van der Waals surface area contributed by atoms with Crippen LogP contribution in [0, 0.1) is 12.7 Å². The van der Waals surface area contributed by atoms with Gasteiger partial charge in [-0.25, -0.2) is 4.39 Å². The molecule has 3 aromatic carbocycles. The molecule has 4 rings (SSSR count). The highest BCUT2D eigenvalue weighted by Gasteiger charge is 2.47. The lowest BCUT2D eigenvalue weighted by Crippen LogP contribution is -2.29. The molecule has 3 aromatic rings. The Balaban J connectivity index is 1.88. The second kappa shape index (κ2) is 9.69. The molecule has 0 spiro atoms. The van der Waals surface area contributed by atoms with Crippen LogP contribution < -0.4 is 9.64 Å². The van der Waals surface area contributed by atoms with E-state index < -0.39 is 23.5 Å². The van der Waals surface area contributed by atoms with Crippen molar-refractivity contribution in [2.45, 2.75) is 26.3 Å². The summed E-state index contributed by atoms with van der Waals surface area (Å²) in [7, 11) is 0. The predicted molar refractivity (Wildman–Crippen MR) is 130 cm³/mol. The predicted octanol–water partition coefficient (Wildman–Crippen LogP) is 6.20. The van der Waals surface area contributed by atoms with Gasteiger partial charge in [-0.2, -0.15) is 0 Å². The fraction of sp³-hybridized carbons (Fsp3) is 0.185. The first-order chi connectivity index (χ1) is 16.3. The molecular weight excluding hydrogens is 457 g/mol. The molecule has 1 aliphatic heterocycles. The molecule has 1 atom stereocenters. The normalized spacial score (nSPS) is 17.3. The Morgan fingerprint density at radius 1 is 1.09 bits per heavy atom. The molecule has 0 aromatic heterocycles. The van der Waals surface area contributed by atoms with Gasteiger partial charge in [0.05, 0.1) is 18.2 Å². The van der Waals surface area contributed by atoms with E-state index in [4.69, 9.17) is 16.3 Å². The number of hydrogen-bond acceptors (Lipinski definition) is 4. The van der Waals surface area contributed by atoms with Crippen molar-refractivity contribution in [2.24, 2.45) is 0 Å². The Hall–Kier alpha value is -3.64. The molecule has 1 heterocycles. The third-order valence-electron chi connectivity index (χ3n) is 5.63. The molecule has 34 heavy (non-hydrogen) atoms. The maximum absolute atomic E-state index is 14.0. The van der Waals surface area contributed by atoms with E-state index in [1.807, 2.05) is 13.8 Å². The highest BCUT2D eigenvalue weighted by Crippen LogP contribution is 2.42. The Morgan fingerprint density at radius 2 is 1.82 bits per heavy atom. The van der Waals surface area contributed by atoms with Gasteiger partial charge in [0.15, 0.2) is 0 Å². The van der Waals surface area contributed by atoms with Crippen LogP contribution in [0.25, 0.3) is 5.76 Å². The number of hydrogen-bond donors (Lipinski definition) is 1. The van der Waals surface area contributed by atoms with Crippen molar-refractivity contribution in [2.75, 3.05) is 11.5 Å². The van der Waals surface area contributed by atoms with E-state index in [1.165, 1.54) is 23.1 Å². The monoisotopic (exact) mass is 479 g/mol. The van der Waals surface area contributed by atoms with Crippen LogP contribution in [0.1, 0.15) is 36.1 Å². The molecule has 174 valence electrons. The number of carbonyl (C=O) groups is 2. The maximum Gasteiger partial charge on any atom is 0.300 e. The third kappa shape index (κ3) is 4.41. The van der Waals surface area contributed by atoms with Crippen LogP contribution in [-0.2, 0) is 9.59 Å². The third-order valence-corrected chi connectivity index (χ3v) is 5.88.